The van der Waals surface area contributed by atoms with Crippen molar-refractivity contribution in [1.29, 1.82) is 0 Å². The van der Waals surface area contributed by atoms with Crippen LogP contribution in [-0.4, -0.2) is 79.1 Å². The molecule has 0 aromatic heterocycles. The lowest BCUT2D eigenvalue weighted by atomic mass is 9.85. The maximum atomic E-state index is 12.6. The second kappa shape index (κ2) is 8.16. The topological polar surface area (TPSA) is 38.8 Å². The molecule has 0 aromatic carbocycles. The van der Waals surface area contributed by atoms with Crippen LogP contribution in [-0.2, 0) is 0 Å². The van der Waals surface area contributed by atoms with Crippen LogP contribution in [0.15, 0.2) is 0 Å². The van der Waals surface area contributed by atoms with E-state index in [4.69, 9.17) is 0 Å². The van der Waals surface area contributed by atoms with Gasteiger partial charge in [-0.15, -0.1) is 0 Å². The first kappa shape index (κ1) is 17.5. The molecule has 1 aliphatic heterocycles. The monoisotopic (exact) mass is 310 g/mol. The zero-order valence-corrected chi connectivity index (χ0v) is 14.8. The summed E-state index contributed by atoms with van der Waals surface area (Å²) >= 11 is 0. The summed E-state index contributed by atoms with van der Waals surface area (Å²) in [6.45, 7) is 12.7. The number of nitrogens with one attached hydrogen (secondary N) is 1. The van der Waals surface area contributed by atoms with Crippen molar-refractivity contribution in [3.63, 3.8) is 0 Å². The maximum absolute atomic E-state index is 12.6. The summed E-state index contributed by atoms with van der Waals surface area (Å²) < 4.78 is 0. The fraction of sp³-hybridized carbons (Fsp3) is 0.941. The molecule has 5 heteroatoms. The van der Waals surface area contributed by atoms with Crippen LogP contribution in [0.25, 0.3) is 0 Å². The van der Waals surface area contributed by atoms with Crippen LogP contribution in [0.1, 0.15) is 40.0 Å². The third-order valence-corrected chi connectivity index (χ3v) is 5.06. The predicted molar refractivity (Wildman–Crippen MR) is 91.1 cm³/mol. The highest BCUT2D eigenvalue weighted by atomic mass is 16.2. The molecule has 2 amide bonds. The van der Waals surface area contributed by atoms with Gasteiger partial charge in [0.05, 0.1) is 0 Å². The molecule has 22 heavy (non-hydrogen) atoms. The second-order valence-corrected chi connectivity index (χ2v) is 7.50. The average Bonchev–Trinajstić information content (AvgIpc) is 2.39. The van der Waals surface area contributed by atoms with Gasteiger partial charge in [0.15, 0.2) is 0 Å². The van der Waals surface area contributed by atoms with E-state index in [9.17, 15) is 4.79 Å². The predicted octanol–water partition coefficient (Wildman–Crippen LogP) is 1.84. The minimum atomic E-state index is 0.114. The van der Waals surface area contributed by atoms with E-state index in [1.54, 1.807) is 0 Å². The molecule has 0 aromatic rings. The number of hydrogen-bond donors (Lipinski definition) is 1. The number of hydrogen-bond acceptors (Lipinski definition) is 3. The third kappa shape index (κ3) is 5.13. The zero-order chi connectivity index (χ0) is 16.1. The molecule has 1 unspecified atom stereocenters. The maximum Gasteiger partial charge on any atom is 0.317 e. The molecule has 1 atom stereocenters. The van der Waals surface area contributed by atoms with E-state index in [0.717, 1.165) is 45.2 Å². The molecular weight excluding hydrogens is 276 g/mol. The molecule has 1 heterocycles. The van der Waals surface area contributed by atoms with Gasteiger partial charge in [0.1, 0.15) is 0 Å². The molecule has 128 valence electrons. The van der Waals surface area contributed by atoms with Gasteiger partial charge in [-0.2, -0.15) is 0 Å². The molecule has 1 aliphatic carbocycles. The zero-order valence-electron chi connectivity index (χ0n) is 14.8. The Morgan fingerprint density at radius 1 is 1.18 bits per heavy atom. The van der Waals surface area contributed by atoms with Gasteiger partial charge in [0.25, 0.3) is 0 Å². The summed E-state index contributed by atoms with van der Waals surface area (Å²) in [7, 11) is 2.17. The normalized spacial score (nSPS) is 22.4. The van der Waals surface area contributed by atoms with E-state index in [0.29, 0.717) is 0 Å². The molecule has 0 bridgehead atoms. The average molecular weight is 310 g/mol. The summed E-state index contributed by atoms with van der Waals surface area (Å²) in [6.07, 6.45) is 3.90. The van der Waals surface area contributed by atoms with Crippen molar-refractivity contribution in [1.82, 2.24) is 20.0 Å². The molecular formula is C17H34N4O. The summed E-state index contributed by atoms with van der Waals surface area (Å²) in [6, 6.07) is 0.596. The standard InChI is InChI=1S/C17H34N4O/c1-14(2)21(13-16-6-5-7-16)17(22)18-15(3)12-20-10-8-19(4)9-11-20/h14-16H,5-13H2,1-4H3,(H,18,22). The van der Waals surface area contributed by atoms with Crippen molar-refractivity contribution in [2.75, 3.05) is 46.3 Å². The largest absolute Gasteiger partial charge is 0.334 e. The van der Waals surface area contributed by atoms with Crippen LogP contribution in [0.2, 0.25) is 0 Å². The van der Waals surface area contributed by atoms with Crippen LogP contribution < -0.4 is 5.32 Å². The van der Waals surface area contributed by atoms with Gasteiger partial charge in [0.2, 0.25) is 0 Å². The second-order valence-electron chi connectivity index (χ2n) is 7.50. The molecule has 5 nitrogen and oxygen atoms in total. The molecule has 0 spiro atoms. The molecule has 0 radical (unpaired) electrons. The molecule has 2 rings (SSSR count). The van der Waals surface area contributed by atoms with Gasteiger partial charge in [-0.1, -0.05) is 6.42 Å². The van der Waals surface area contributed by atoms with Crippen LogP contribution in [0, 0.1) is 5.92 Å². The summed E-state index contributed by atoms with van der Waals surface area (Å²) in [5.41, 5.74) is 0. The van der Waals surface area contributed by atoms with Crippen molar-refractivity contribution in [2.45, 2.75) is 52.1 Å². The molecule has 2 aliphatic rings. The highest BCUT2D eigenvalue weighted by molar-refractivity contribution is 5.74. The molecule has 1 N–H and O–H groups in total. The highest BCUT2D eigenvalue weighted by Gasteiger charge is 2.26. The first-order chi connectivity index (χ1) is 10.5. The van der Waals surface area contributed by atoms with Gasteiger partial charge in [-0.25, -0.2) is 4.79 Å². The summed E-state index contributed by atoms with van der Waals surface area (Å²) in [5, 5.41) is 3.21. The van der Waals surface area contributed by atoms with Crippen molar-refractivity contribution in [3.05, 3.63) is 0 Å². The van der Waals surface area contributed by atoms with Gasteiger partial charge >= 0.3 is 6.03 Å². The fourth-order valence-corrected chi connectivity index (χ4v) is 3.24. The SMILES string of the molecule is CC(CN1CCN(C)CC1)NC(=O)N(CC1CCC1)C(C)C. The number of nitrogens with zero attached hydrogens (tertiary/aromatic N) is 3. The van der Waals surface area contributed by atoms with E-state index >= 15 is 0 Å². The Hall–Kier alpha value is -0.810. The lowest BCUT2D eigenvalue weighted by Crippen LogP contribution is -2.53. The Morgan fingerprint density at radius 2 is 1.82 bits per heavy atom. The summed E-state index contributed by atoms with van der Waals surface area (Å²) in [4.78, 5) is 19.4. The van der Waals surface area contributed by atoms with Crippen LogP contribution in [0.4, 0.5) is 4.79 Å². The van der Waals surface area contributed by atoms with Crippen molar-refractivity contribution < 1.29 is 4.79 Å². The number of rotatable bonds is 6. The van der Waals surface area contributed by atoms with Gasteiger partial charge in [0, 0.05) is 51.4 Å². The lowest BCUT2D eigenvalue weighted by Gasteiger charge is -2.37. The van der Waals surface area contributed by atoms with Crippen molar-refractivity contribution in [2.24, 2.45) is 5.92 Å². The molecule has 2 fully saturated rings. The van der Waals surface area contributed by atoms with E-state index in [-0.39, 0.29) is 18.1 Å². The summed E-state index contributed by atoms with van der Waals surface area (Å²) in [5.74, 6) is 0.723. The number of carbonyl (C=O) groups is 1. The third-order valence-electron chi connectivity index (χ3n) is 5.06. The van der Waals surface area contributed by atoms with E-state index in [1.807, 2.05) is 4.90 Å². The van der Waals surface area contributed by atoms with Crippen LogP contribution >= 0.6 is 0 Å². The number of piperazine rings is 1. The van der Waals surface area contributed by atoms with Crippen LogP contribution in [0.3, 0.4) is 0 Å². The fourth-order valence-electron chi connectivity index (χ4n) is 3.24. The van der Waals surface area contributed by atoms with Gasteiger partial charge in [-0.3, -0.25) is 4.90 Å². The first-order valence-electron chi connectivity index (χ1n) is 8.93. The van der Waals surface area contributed by atoms with E-state index in [1.165, 1.54) is 19.3 Å². The molecule has 1 saturated carbocycles. The Balaban J connectivity index is 1.75. The van der Waals surface area contributed by atoms with Gasteiger partial charge < -0.3 is 15.1 Å². The number of amides is 2. The lowest BCUT2D eigenvalue weighted by molar-refractivity contribution is 0.132. The minimum Gasteiger partial charge on any atom is -0.334 e. The van der Waals surface area contributed by atoms with E-state index in [2.05, 4.69) is 42.9 Å². The van der Waals surface area contributed by atoms with Crippen molar-refractivity contribution >= 4 is 6.03 Å². The Morgan fingerprint density at radius 3 is 2.32 bits per heavy atom. The number of urea groups is 1. The minimum absolute atomic E-state index is 0.114. The molecule has 1 saturated heterocycles. The Bertz CT molecular complexity index is 349. The Kier molecular flexibility index (Phi) is 6.50. The quantitative estimate of drug-likeness (QED) is 0.814. The smallest absolute Gasteiger partial charge is 0.317 e. The first-order valence-corrected chi connectivity index (χ1v) is 8.93. The Labute approximate surface area is 136 Å². The van der Waals surface area contributed by atoms with Crippen molar-refractivity contribution in [3.8, 4) is 0 Å². The number of carbonyl (C=O) groups excluding carboxylic acids is 1. The highest BCUT2D eigenvalue weighted by Crippen LogP contribution is 2.27. The van der Waals surface area contributed by atoms with Crippen LogP contribution in [0.5, 0.6) is 0 Å². The van der Waals surface area contributed by atoms with Gasteiger partial charge in [-0.05, 0) is 46.6 Å². The number of likely N-dealkylation sites (N-methyl/N-ethyl adjacent to an activating group) is 1. The van der Waals surface area contributed by atoms with E-state index < -0.39 is 0 Å².